The highest BCUT2D eigenvalue weighted by Crippen LogP contribution is 2.27. The van der Waals surface area contributed by atoms with E-state index in [1.165, 1.54) is 0 Å². The Kier molecular flexibility index (Phi) is 3.77. The number of nitrogens with one attached hydrogen (secondary N) is 1. The highest BCUT2D eigenvalue weighted by atomic mass is 16.7. The number of rotatable bonds is 3. The van der Waals surface area contributed by atoms with Gasteiger partial charge in [0.05, 0.1) is 37.3 Å². The van der Waals surface area contributed by atoms with Crippen molar-refractivity contribution in [2.45, 2.75) is 24.7 Å². The lowest BCUT2D eigenvalue weighted by molar-refractivity contribution is -0.405. The lowest BCUT2D eigenvalue weighted by Gasteiger charge is -2.41. The Morgan fingerprint density at radius 1 is 1.45 bits per heavy atom. The van der Waals surface area contributed by atoms with E-state index in [0.717, 1.165) is 25.6 Å². The van der Waals surface area contributed by atoms with E-state index < -0.39 is 10.7 Å². The second kappa shape index (κ2) is 5.55. The van der Waals surface area contributed by atoms with E-state index in [1.807, 2.05) is 4.90 Å². The molecule has 0 amide bonds. The van der Waals surface area contributed by atoms with Crippen molar-refractivity contribution in [3.63, 3.8) is 0 Å². The third-order valence-corrected chi connectivity index (χ3v) is 3.80. The van der Waals surface area contributed by atoms with Gasteiger partial charge in [-0.3, -0.25) is 10.1 Å². The van der Waals surface area contributed by atoms with Crippen LogP contribution in [0.15, 0.2) is 12.0 Å². The lowest BCUT2D eigenvalue weighted by atomic mass is 10.1. The standard InChI is InChI=1S/C12H19N3O5/c16-15(17)7-11-13-8-12(19-4-5-20-12)9-14(11)6-10-2-1-3-18-10/h7,10,13H,1-6,8-9H2/b11-7+. The molecule has 1 unspecified atom stereocenters. The van der Waals surface area contributed by atoms with Gasteiger partial charge in [-0.15, -0.1) is 0 Å². The second-order valence-electron chi connectivity index (χ2n) is 5.28. The van der Waals surface area contributed by atoms with Crippen molar-refractivity contribution >= 4 is 0 Å². The van der Waals surface area contributed by atoms with Crippen LogP contribution >= 0.6 is 0 Å². The maximum Gasteiger partial charge on any atom is 0.274 e. The summed E-state index contributed by atoms with van der Waals surface area (Å²) < 4.78 is 16.9. The average molecular weight is 285 g/mol. The normalized spacial score (nSPS) is 30.9. The highest BCUT2D eigenvalue weighted by molar-refractivity contribution is 5.04. The van der Waals surface area contributed by atoms with Crippen LogP contribution in [-0.4, -0.2) is 61.2 Å². The molecule has 0 aromatic heterocycles. The van der Waals surface area contributed by atoms with Gasteiger partial charge in [0, 0.05) is 13.2 Å². The summed E-state index contributed by atoms with van der Waals surface area (Å²) in [4.78, 5) is 12.2. The Bertz CT molecular complexity index is 402. The van der Waals surface area contributed by atoms with Crippen LogP contribution in [0.2, 0.25) is 0 Å². The highest BCUT2D eigenvalue weighted by Gasteiger charge is 2.43. The van der Waals surface area contributed by atoms with Crippen LogP contribution in [0.25, 0.3) is 0 Å². The zero-order chi connectivity index (χ0) is 14.0. The molecule has 3 heterocycles. The summed E-state index contributed by atoms with van der Waals surface area (Å²) in [5.74, 6) is -0.192. The smallest absolute Gasteiger partial charge is 0.274 e. The molecular weight excluding hydrogens is 266 g/mol. The van der Waals surface area contributed by atoms with Crippen LogP contribution in [0.3, 0.4) is 0 Å². The SMILES string of the molecule is O=[N+]([O-])/C=C1\NCC2(CN1CC1CCCO1)OCCO2. The summed E-state index contributed by atoms with van der Waals surface area (Å²) >= 11 is 0. The number of nitro groups is 1. The van der Waals surface area contributed by atoms with Gasteiger partial charge in [0.25, 0.3) is 6.20 Å². The van der Waals surface area contributed by atoms with Crippen molar-refractivity contribution in [3.8, 4) is 0 Å². The summed E-state index contributed by atoms with van der Waals surface area (Å²) in [7, 11) is 0. The monoisotopic (exact) mass is 285 g/mol. The molecule has 112 valence electrons. The van der Waals surface area contributed by atoms with Crippen LogP contribution in [-0.2, 0) is 14.2 Å². The van der Waals surface area contributed by atoms with Gasteiger partial charge in [-0.25, -0.2) is 0 Å². The Labute approximate surface area is 116 Å². The predicted octanol–water partition coefficient (Wildman–Crippen LogP) is -0.111. The molecule has 0 aromatic rings. The van der Waals surface area contributed by atoms with Crippen LogP contribution in [0.4, 0.5) is 0 Å². The summed E-state index contributed by atoms with van der Waals surface area (Å²) in [5.41, 5.74) is 0. The first-order chi connectivity index (χ1) is 9.67. The van der Waals surface area contributed by atoms with E-state index in [0.29, 0.717) is 38.7 Å². The molecule has 1 atom stereocenters. The summed E-state index contributed by atoms with van der Waals surface area (Å²) in [5, 5.41) is 13.8. The van der Waals surface area contributed by atoms with Gasteiger partial charge in [-0.2, -0.15) is 0 Å². The molecule has 3 saturated heterocycles. The fourth-order valence-corrected chi connectivity index (χ4v) is 2.88. The van der Waals surface area contributed by atoms with Crippen molar-refractivity contribution in [2.24, 2.45) is 0 Å². The molecule has 8 nitrogen and oxygen atoms in total. The molecule has 1 spiro atoms. The van der Waals surface area contributed by atoms with Crippen molar-refractivity contribution < 1.29 is 19.1 Å². The molecule has 1 N–H and O–H groups in total. The van der Waals surface area contributed by atoms with E-state index in [1.54, 1.807) is 0 Å². The van der Waals surface area contributed by atoms with Gasteiger partial charge in [-0.1, -0.05) is 0 Å². The number of nitrogens with zero attached hydrogens (tertiary/aromatic N) is 2. The van der Waals surface area contributed by atoms with Crippen molar-refractivity contribution in [2.75, 3.05) is 39.5 Å². The van der Waals surface area contributed by atoms with Crippen LogP contribution < -0.4 is 5.32 Å². The Morgan fingerprint density at radius 3 is 2.90 bits per heavy atom. The minimum atomic E-state index is -0.688. The maximum absolute atomic E-state index is 10.7. The zero-order valence-corrected chi connectivity index (χ0v) is 11.2. The molecule has 3 aliphatic rings. The maximum atomic E-state index is 10.7. The topological polar surface area (TPSA) is 86.1 Å². The zero-order valence-electron chi connectivity index (χ0n) is 11.2. The van der Waals surface area contributed by atoms with Crippen molar-refractivity contribution in [1.29, 1.82) is 0 Å². The largest absolute Gasteiger partial charge is 0.376 e. The molecule has 0 radical (unpaired) electrons. The molecule has 3 aliphatic heterocycles. The molecule has 3 rings (SSSR count). The van der Waals surface area contributed by atoms with Gasteiger partial charge in [0.15, 0.2) is 5.82 Å². The molecule has 0 aromatic carbocycles. The van der Waals surface area contributed by atoms with E-state index in [-0.39, 0.29) is 6.10 Å². The quantitative estimate of drug-likeness (QED) is 0.572. The predicted molar refractivity (Wildman–Crippen MR) is 68.3 cm³/mol. The molecule has 0 bridgehead atoms. The lowest BCUT2D eigenvalue weighted by Crippen LogP contribution is -2.58. The molecule has 8 heteroatoms. The number of hydrogen-bond acceptors (Lipinski definition) is 7. The Morgan fingerprint density at radius 2 is 2.25 bits per heavy atom. The van der Waals surface area contributed by atoms with Crippen LogP contribution in [0, 0.1) is 10.1 Å². The second-order valence-corrected chi connectivity index (χ2v) is 5.28. The fraction of sp³-hybridized carbons (Fsp3) is 0.833. The first kappa shape index (κ1) is 13.6. The van der Waals surface area contributed by atoms with Crippen LogP contribution in [0.5, 0.6) is 0 Å². The van der Waals surface area contributed by atoms with E-state index in [2.05, 4.69) is 5.32 Å². The first-order valence-corrected chi connectivity index (χ1v) is 6.91. The Balaban J connectivity index is 1.72. The molecule has 0 saturated carbocycles. The van der Waals surface area contributed by atoms with E-state index in [4.69, 9.17) is 14.2 Å². The average Bonchev–Trinajstić information content (AvgIpc) is 3.05. The van der Waals surface area contributed by atoms with Gasteiger partial charge < -0.3 is 24.4 Å². The Hall–Kier alpha value is -1.38. The first-order valence-electron chi connectivity index (χ1n) is 6.91. The van der Waals surface area contributed by atoms with E-state index in [9.17, 15) is 10.1 Å². The van der Waals surface area contributed by atoms with Gasteiger partial charge >= 0.3 is 0 Å². The third-order valence-electron chi connectivity index (χ3n) is 3.80. The summed E-state index contributed by atoms with van der Waals surface area (Å²) in [6.45, 7) is 3.40. The van der Waals surface area contributed by atoms with Gasteiger partial charge in [0.2, 0.25) is 5.79 Å². The van der Waals surface area contributed by atoms with Crippen molar-refractivity contribution in [1.82, 2.24) is 10.2 Å². The molecular formula is C12H19N3O5. The van der Waals surface area contributed by atoms with E-state index >= 15 is 0 Å². The van der Waals surface area contributed by atoms with Gasteiger partial charge in [0.1, 0.15) is 0 Å². The third kappa shape index (κ3) is 2.87. The minimum Gasteiger partial charge on any atom is -0.376 e. The number of ether oxygens (including phenoxy) is 3. The van der Waals surface area contributed by atoms with Crippen molar-refractivity contribution in [3.05, 3.63) is 22.1 Å². The van der Waals surface area contributed by atoms with Crippen LogP contribution in [0.1, 0.15) is 12.8 Å². The van der Waals surface area contributed by atoms with Gasteiger partial charge in [-0.05, 0) is 12.8 Å². The summed E-state index contributed by atoms with van der Waals surface area (Å²) in [6.07, 6.45) is 3.13. The molecule has 20 heavy (non-hydrogen) atoms. The molecule has 3 fully saturated rings. The number of hydrogen-bond donors (Lipinski definition) is 1. The fourth-order valence-electron chi connectivity index (χ4n) is 2.88. The molecule has 0 aliphatic carbocycles. The summed E-state index contributed by atoms with van der Waals surface area (Å²) in [6, 6.07) is 0. The minimum absolute atomic E-state index is 0.114.